The second-order valence-electron chi connectivity index (χ2n) is 10.6. The SMILES string of the molecule is CN(C(=O)OC(C)(C)C)[C@H]1CCN(c2ccnc3c2CCN3C(=O)Nc2cc(F)c3nn(C)cc3c2)C1. The van der Waals surface area contributed by atoms with E-state index in [4.69, 9.17) is 4.74 Å². The molecule has 1 aromatic carbocycles. The number of nitrogens with one attached hydrogen (secondary N) is 1. The van der Waals surface area contributed by atoms with E-state index in [0.717, 1.165) is 24.2 Å². The molecule has 2 aliphatic heterocycles. The van der Waals surface area contributed by atoms with Crippen molar-refractivity contribution in [1.29, 1.82) is 0 Å². The Hall–Kier alpha value is -3.89. The van der Waals surface area contributed by atoms with E-state index in [2.05, 4.69) is 20.3 Å². The van der Waals surface area contributed by atoms with Gasteiger partial charge in [-0.25, -0.2) is 19.0 Å². The van der Waals surface area contributed by atoms with E-state index < -0.39 is 11.4 Å². The zero-order valence-electron chi connectivity index (χ0n) is 21.8. The van der Waals surface area contributed by atoms with Crippen LogP contribution < -0.4 is 15.1 Å². The average Bonchev–Trinajstić information content (AvgIpc) is 3.55. The summed E-state index contributed by atoms with van der Waals surface area (Å²) in [6, 6.07) is 4.60. The van der Waals surface area contributed by atoms with E-state index in [9.17, 15) is 14.0 Å². The molecule has 3 amide bonds. The van der Waals surface area contributed by atoms with Gasteiger partial charge in [0.1, 0.15) is 16.9 Å². The van der Waals surface area contributed by atoms with E-state index in [1.165, 1.54) is 10.7 Å². The fourth-order valence-electron chi connectivity index (χ4n) is 5.00. The lowest BCUT2D eigenvalue weighted by molar-refractivity contribution is 0.0238. The molecule has 4 heterocycles. The van der Waals surface area contributed by atoms with Crippen LogP contribution in [0.1, 0.15) is 32.8 Å². The summed E-state index contributed by atoms with van der Waals surface area (Å²) in [5.41, 5.74) is 2.09. The molecule has 196 valence electrons. The first-order valence-corrected chi connectivity index (χ1v) is 12.4. The highest BCUT2D eigenvalue weighted by Gasteiger charge is 2.35. The number of likely N-dealkylation sites (N-methyl/N-ethyl adjacent to an activating group) is 1. The van der Waals surface area contributed by atoms with Gasteiger partial charge in [-0.1, -0.05) is 0 Å². The molecule has 0 spiro atoms. The molecular weight excluding hydrogens is 477 g/mol. The number of hydrogen-bond acceptors (Lipinski definition) is 6. The van der Waals surface area contributed by atoms with Crippen LogP contribution in [0.2, 0.25) is 0 Å². The van der Waals surface area contributed by atoms with Crippen molar-refractivity contribution in [2.45, 2.75) is 45.3 Å². The Morgan fingerprint density at radius 2 is 2.03 bits per heavy atom. The monoisotopic (exact) mass is 509 g/mol. The normalized spacial score (nSPS) is 17.3. The number of fused-ring (bicyclic) bond motifs is 2. The zero-order chi connectivity index (χ0) is 26.5. The predicted molar refractivity (Wildman–Crippen MR) is 140 cm³/mol. The maximum Gasteiger partial charge on any atom is 0.410 e. The molecule has 1 fully saturated rings. The molecule has 1 N–H and O–H groups in total. The Bertz CT molecular complexity index is 1370. The lowest BCUT2D eigenvalue weighted by Gasteiger charge is -2.29. The van der Waals surface area contributed by atoms with Gasteiger partial charge in [-0.2, -0.15) is 5.10 Å². The van der Waals surface area contributed by atoms with Crippen LogP contribution in [0, 0.1) is 5.82 Å². The highest BCUT2D eigenvalue weighted by atomic mass is 19.1. The number of nitrogens with zero attached hydrogens (tertiary/aromatic N) is 6. The van der Waals surface area contributed by atoms with Crippen molar-refractivity contribution in [1.82, 2.24) is 19.7 Å². The van der Waals surface area contributed by atoms with Crippen molar-refractivity contribution in [2.75, 3.05) is 41.8 Å². The van der Waals surface area contributed by atoms with Gasteiger partial charge < -0.3 is 19.9 Å². The highest BCUT2D eigenvalue weighted by Crippen LogP contribution is 2.36. The Labute approximate surface area is 215 Å². The number of ether oxygens (including phenoxy) is 1. The van der Waals surface area contributed by atoms with E-state index in [1.54, 1.807) is 42.4 Å². The van der Waals surface area contributed by atoms with Crippen LogP contribution in [0.3, 0.4) is 0 Å². The number of rotatable bonds is 3. The Kier molecular flexibility index (Phi) is 6.17. The second-order valence-corrected chi connectivity index (χ2v) is 10.6. The van der Waals surface area contributed by atoms with Crippen molar-refractivity contribution in [3.8, 4) is 0 Å². The average molecular weight is 510 g/mol. The van der Waals surface area contributed by atoms with Gasteiger partial charge in [0.15, 0.2) is 5.82 Å². The number of anilines is 3. The van der Waals surface area contributed by atoms with Gasteiger partial charge in [0.25, 0.3) is 0 Å². The quantitative estimate of drug-likeness (QED) is 0.570. The van der Waals surface area contributed by atoms with Crippen molar-refractivity contribution in [3.63, 3.8) is 0 Å². The lowest BCUT2D eigenvalue weighted by Crippen LogP contribution is -2.42. The smallest absolute Gasteiger partial charge is 0.410 e. The van der Waals surface area contributed by atoms with Crippen LogP contribution in [-0.2, 0) is 18.2 Å². The van der Waals surface area contributed by atoms with Crippen LogP contribution in [0.25, 0.3) is 10.9 Å². The molecule has 0 unspecified atom stereocenters. The summed E-state index contributed by atoms with van der Waals surface area (Å²) in [4.78, 5) is 35.7. The molecule has 2 aromatic heterocycles. The summed E-state index contributed by atoms with van der Waals surface area (Å²) in [6.45, 7) is 7.49. The summed E-state index contributed by atoms with van der Waals surface area (Å²) in [6.07, 6.45) is 4.55. The third kappa shape index (κ3) is 4.90. The Balaban J connectivity index is 1.30. The Morgan fingerprint density at radius 1 is 1.24 bits per heavy atom. The summed E-state index contributed by atoms with van der Waals surface area (Å²) in [5.74, 6) is 0.109. The largest absolute Gasteiger partial charge is 0.444 e. The standard InChI is InChI=1S/C26H32FN7O3/c1-26(2,3)37-25(36)32(5)18-7-10-33(15-18)21-6-9-28-23-19(21)8-11-34(23)24(35)29-17-12-16-14-31(4)30-22(16)20(27)13-17/h6,9,12-14,18H,7-8,10-11,15H2,1-5H3,(H,29,35)/t18-/m0/s1. The number of hydrogen-bond donors (Lipinski definition) is 1. The maximum absolute atomic E-state index is 14.5. The van der Waals surface area contributed by atoms with Gasteiger partial charge in [0.05, 0.1) is 6.04 Å². The summed E-state index contributed by atoms with van der Waals surface area (Å²) in [7, 11) is 3.50. The predicted octanol–water partition coefficient (Wildman–Crippen LogP) is 4.15. The molecule has 37 heavy (non-hydrogen) atoms. The number of aromatic nitrogens is 3. The molecule has 0 bridgehead atoms. The number of halogens is 1. The molecule has 10 nitrogen and oxygen atoms in total. The fraction of sp³-hybridized carbons (Fsp3) is 0.462. The zero-order valence-corrected chi connectivity index (χ0v) is 21.8. The highest BCUT2D eigenvalue weighted by molar-refractivity contribution is 6.04. The van der Waals surface area contributed by atoms with Crippen molar-refractivity contribution >= 4 is 40.2 Å². The molecule has 5 rings (SSSR count). The summed E-state index contributed by atoms with van der Waals surface area (Å²) in [5, 5.41) is 7.52. The summed E-state index contributed by atoms with van der Waals surface area (Å²) >= 11 is 0. The van der Waals surface area contributed by atoms with Crippen LogP contribution >= 0.6 is 0 Å². The number of urea groups is 1. The molecule has 0 saturated carbocycles. The van der Waals surface area contributed by atoms with E-state index in [1.807, 2.05) is 26.8 Å². The minimum Gasteiger partial charge on any atom is -0.444 e. The minimum absolute atomic E-state index is 0.0248. The third-order valence-corrected chi connectivity index (χ3v) is 6.76. The number of carbonyl (C=O) groups excluding carboxylic acids is 2. The number of benzene rings is 1. The van der Waals surface area contributed by atoms with Crippen LogP contribution in [-0.4, -0.2) is 70.1 Å². The van der Waals surface area contributed by atoms with Crippen molar-refractivity contribution in [2.24, 2.45) is 7.05 Å². The molecule has 0 aliphatic carbocycles. The molecule has 0 radical (unpaired) electrons. The van der Waals surface area contributed by atoms with Gasteiger partial charge in [-0.05, 0) is 51.8 Å². The third-order valence-electron chi connectivity index (χ3n) is 6.76. The molecule has 1 saturated heterocycles. The van der Waals surface area contributed by atoms with Gasteiger partial charge >= 0.3 is 12.1 Å². The van der Waals surface area contributed by atoms with Gasteiger partial charge in [-0.15, -0.1) is 0 Å². The lowest BCUT2D eigenvalue weighted by atomic mass is 10.1. The molecular formula is C26H32FN7O3. The first kappa shape index (κ1) is 24.8. The molecule has 11 heteroatoms. The maximum atomic E-state index is 14.5. The molecule has 2 aliphatic rings. The molecule has 3 aromatic rings. The fourth-order valence-corrected chi connectivity index (χ4v) is 5.00. The van der Waals surface area contributed by atoms with E-state index >= 15 is 0 Å². The Morgan fingerprint density at radius 3 is 2.78 bits per heavy atom. The minimum atomic E-state index is -0.547. The molecule has 1 atom stereocenters. The van der Waals surface area contributed by atoms with Gasteiger partial charge in [-0.3, -0.25) is 9.58 Å². The van der Waals surface area contributed by atoms with Crippen molar-refractivity contribution < 1.29 is 18.7 Å². The van der Waals surface area contributed by atoms with Crippen LogP contribution in [0.5, 0.6) is 0 Å². The van der Waals surface area contributed by atoms with Crippen LogP contribution in [0.15, 0.2) is 30.6 Å². The van der Waals surface area contributed by atoms with Gasteiger partial charge in [0, 0.05) is 68.4 Å². The number of aryl methyl sites for hydroxylation is 1. The van der Waals surface area contributed by atoms with Crippen molar-refractivity contribution in [3.05, 3.63) is 42.0 Å². The van der Waals surface area contributed by atoms with Crippen LogP contribution in [0.4, 0.5) is 31.2 Å². The van der Waals surface area contributed by atoms with E-state index in [-0.39, 0.29) is 23.7 Å². The first-order valence-electron chi connectivity index (χ1n) is 12.4. The number of pyridine rings is 1. The topological polar surface area (TPSA) is 95.8 Å². The summed E-state index contributed by atoms with van der Waals surface area (Å²) < 4.78 is 21.5. The van der Waals surface area contributed by atoms with Gasteiger partial charge in [0.2, 0.25) is 0 Å². The van der Waals surface area contributed by atoms with E-state index in [0.29, 0.717) is 36.4 Å². The second kappa shape index (κ2) is 9.20. The number of carbonyl (C=O) groups is 2. The number of amides is 3. The first-order chi connectivity index (χ1) is 17.5.